The van der Waals surface area contributed by atoms with Crippen LogP contribution in [0, 0.1) is 0 Å². The fraction of sp³-hybridized carbons (Fsp3) is 0.556. The van der Waals surface area contributed by atoms with Crippen LogP contribution in [-0.4, -0.2) is 44.2 Å². The Kier molecular flexibility index (Phi) is 5.20. The maximum atomic E-state index is 11.9. The topological polar surface area (TPSA) is 106 Å². The number of nitrogens with one attached hydrogen (secondary N) is 1. The summed E-state index contributed by atoms with van der Waals surface area (Å²) in [5.74, 6) is -1.36. The molecule has 1 unspecified atom stereocenters. The summed E-state index contributed by atoms with van der Waals surface area (Å²) in [5.41, 5.74) is 0.740. The van der Waals surface area contributed by atoms with E-state index in [-0.39, 0.29) is 10.3 Å². The van der Waals surface area contributed by atoms with Crippen LogP contribution in [0.1, 0.15) is 23.8 Å². The Morgan fingerprint density at radius 3 is 2.89 bits per heavy atom. The van der Waals surface area contributed by atoms with E-state index in [1.165, 1.54) is 12.6 Å². The minimum atomic E-state index is -3.85. The average Bonchev–Trinajstić information content (AvgIpc) is 2.75. The molecule has 0 saturated heterocycles. The van der Waals surface area contributed by atoms with E-state index in [1.54, 1.807) is 6.92 Å². The number of rotatable bonds is 7. The molecule has 0 aromatic carbocycles. The van der Waals surface area contributed by atoms with E-state index in [2.05, 4.69) is 9.71 Å². The Bertz CT molecular complexity index is 511. The first-order valence-corrected chi connectivity index (χ1v) is 7.42. The molecule has 0 radical (unpaired) electrons. The van der Waals surface area contributed by atoms with E-state index in [9.17, 15) is 13.2 Å². The number of hydrogen-bond acceptors (Lipinski definition) is 6. The molecule has 9 heteroatoms. The lowest BCUT2D eigenvalue weighted by Gasteiger charge is -2.12. The first-order valence-electron chi connectivity index (χ1n) is 5.06. The molecule has 1 heterocycles. The highest BCUT2D eigenvalue weighted by molar-refractivity contribution is 7.91. The van der Waals surface area contributed by atoms with Crippen LogP contribution in [0.15, 0.2) is 9.72 Å². The number of ether oxygens (including phenoxy) is 1. The van der Waals surface area contributed by atoms with Gasteiger partial charge < -0.3 is 9.84 Å². The number of nitrogens with zero attached hydrogens (tertiary/aromatic N) is 1. The van der Waals surface area contributed by atoms with Crippen LogP contribution in [-0.2, 0) is 14.8 Å². The minimum absolute atomic E-state index is 0.278. The molecule has 0 spiro atoms. The fourth-order valence-electron chi connectivity index (χ4n) is 1.24. The molecule has 0 amide bonds. The molecule has 0 saturated carbocycles. The van der Waals surface area contributed by atoms with Gasteiger partial charge in [-0.2, -0.15) is 0 Å². The van der Waals surface area contributed by atoms with Crippen LogP contribution in [0.3, 0.4) is 0 Å². The molecule has 1 rings (SSSR count). The van der Waals surface area contributed by atoms with Crippen LogP contribution in [0.25, 0.3) is 0 Å². The Balaban J connectivity index is 2.86. The number of aromatic carboxylic acids is 1. The van der Waals surface area contributed by atoms with Crippen molar-refractivity contribution in [1.29, 1.82) is 0 Å². The van der Waals surface area contributed by atoms with Gasteiger partial charge in [-0.05, 0) is 13.3 Å². The van der Waals surface area contributed by atoms with E-state index in [1.807, 2.05) is 0 Å². The van der Waals surface area contributed by atoms with Gasteiger partial charge in [-0.1, -0.05) is 0 Å². The summed E-state index contributed by atoms with van der Waals surface area (Å²) in [4.78, 5) is 14.3. The van der Waals surface area contributed by atoms with Crippen molar-refractivity contribution in [2.75, 3.05) is 13.7 Å². The normalized spacial score (nSPS) is 13.4. The molecular formula is C9H14N2O5S2. The molecule has 0 fully saturated rings. The Hall–Kier alpha value is -1.03. The number of hydrogen-bond donors (Lipinski definition) is 2. The second-order valence-corrected chi connectivity index (χ2v) is 6.36. The predicted molar refractivity (Wildman–Crippen MR) is 65.3 cm³/mol. The van der Waals surface area contributed by atoms with Crippen molar-refractivity contribution in [3.05, 3.63) is 11.2 Å². The van der Waals surface area contributed by atoms with Gasteiger partial charge in [-0.3, -0.25) is 0 Å². The third kappa shape index (κ3) is 3.73. The summed E-state index contributed by atoms with van der Waals surface area (Å²) < 4.78 is 30.8. The van der Waals surface area contributed by atoms with Gasteiger partial charge in [0.1, 0.15) is 0 Å². The van der Waals surface area contributed by atoms with Crippen LogP contribution in [0.5, 0.6) is 0 Å². The Morgan fingerprint density at radius 1 is 1.67 bits per heavy atom. The zero-order valence-electron chi connectivity index (χ0n) is 9.91. The van der Waals surface area contributed by atoms with Gasteiger partial charge in [0.25, 0.3) is 10.0 Å². The number of carboxylic acid groups (broad SMARTS) is 1. The molecule has 2 N–H and O–H groups in total. The molecule has 0 aliphatic heterocycles. The molecule has 1 atom stereocenters. The lowest BCUT2D eigenvalue weighted by molar-refractivity contribution is 0.0687. The molecule has 0 aliphatic carbocycles. The number of carbonyl (C=O) groups is 1. The molecule has 1 aromatic rings. The van der Waals surface area contributed by atoms with Gasteiger partial charge in [-0.15, -0.1) is 11.3 Å². The third-order valence-corrected chi connectivity index (χ3v) is 5.05. The summed E-state index contributed by atoms with van der Waals surface area (Å²) in [5, 5.41) is 8.83. The van der Waals surface area contributed by atoms with Crippen LogP contribution in [0.2, 0.25) is 0 Å². The van der Waals surface area contributed by atoms with E-state index >= 15 is 0 Å². The first-order chi connectivity index (χ1) is 8.38. The Labute approximate surface area is 109 Å². The highest BCUT2D eigenvalue weighted by Gasteiger charge is 2.26. The standard InChI is InChI=1S/C9H14N2O5S2/c1-6(3-4-16-2)11-18(14,15)9-7(8(12)13)10-5-17-9/h5-6,11H,3-4H2,1-2H3,(H,12,13). The number of thiazole rings is 1. The van der Waals surface area contributed by atoms with Crippen LogP contribution in [0.4, 0.5) is 0 Å². The summed E-state index contributed by atoms with van der Waals surface area (Å²) in [6.07, 6.45) is 0.497. The quantitative estimate of drug-likeness (QED) is 0.760. The first kappa shape index (κ1) is 15.0. The maximum Gasteiger partial charge on any atom is 0.356 e. The van der Waals surface area contributed by atoms with Crippen molar-refractivity contribution in [3.63, 3.8) is 0 Å². The highest BCUT2D eigenvalue weighted by atomic mass is 32.2. The van der Waals surface area contributed by atoms with Gasteiger partial charge in [0.05, 0.1) is 5.51 Å². The van der Waals surface area contributed by atoms with E-state index < -0.39 is 21.7 Å². The molecular weight excluding hydrogens is 280 g/mol. The highest BCUT2D eigenvalue weighted by Crippen LogP contribution is 2.20. The zero-order chi connectivity index (χ0) is 13.8. The van der Waals surface area contributed by atoms with Gasteiger partial charge in [0.2, 0.25) is 0 Å². The van der Waals surface area contributed by atoms with Crippen molar-refractivity contribution in [2.45, 2.75) is 23.6 Å². The summed E-state index contributed by atoms with van der Waals surface area (Å²) in [6.45, 7) is 2.09. The summed E-state index contributed by atoms with van der Waals surface area (Å²) in [7, 11) is -2.33. The van der Waals surface area contributed by atoms with Crippen molar-refractivity contribution in [3.8, 4) is 0 Å². The summed E-state index contributed by atoms with van der Waals surface area (Å²) in [6, 6.07) is -0.348. The monoisotopic (exact) mass is 294 g/mol. The smallest absolute Gasteiger partial charge is 0.356 e. The molecule has 7 nitrogen and oxygen atoms in total. The van der Waals surface area contributed by atoms with Crippen molar-refractivity contribution in [1.82, 2.24) is 9.71 Å². The lowest BCUT2D eigenvalue weighted by Crippen LogP contribution is -2.33. The molecule has 18 heavy (non-hydrogen) atoms. The molecule has 0 bridgehead atoms. The largest absolute Gasteiger partial charge is 0.476 e. The minimum Gasteiger partial charge on any atom is -0.476 e. The number of methoxy groups -OCH3 is 1. The molecule has 1 aromatic heterocycles. The Morgan fingerprint density at radius 2 is 2.33 bits per heavy atom. The zero-order valence-corrected chi connectivity index (χ0v) is 11.5. The predicted octanol–water partition coefficient (Wildman–Crippen LogP) is 0.545. The van der Waals surface area contributed by atoms with Gasteiger partial charge >= 0.3 is 5.97 Å². The second-order valence-electron chi connectivity index (χ2n) is 3.60. The maximum absolute atomic E-state index is 11.9. The van der Waals surface area contributed by atoms with E-state index in [4.69, 9.17) is 9.84 Å². The average molecular weight is 294 g/mol. The molecule has 0 aliphatic rings. The summed E-state index contributed by atoms with van der Waals surface area (Å²) >= 11 is 0.777. The van der Waals surface area contributed by atoms with Gasteiger partial charge in [-0.25, -0.2) is 22.9 Å². The number of sulfonamides is 1. The van der Waals surface area contributed by atoms with Crippen molar-refractivity contribution >= 4 is 27.3 Å². The number of carboxylic acids is 1. The molecule has 102 valence electrons. The number of aromatic nitrogens is 1. The van der Waals surface area contributed by atoms with Crippen LogP contribution >= 0.6 is 11.3 Å². The lowest BCUT2D eigenvalue weighted by atomic mass is 10.3. The van der Waals surface area contributed by atoms with Crippen molar-refractivity contribution < 1.29 is 23.1 Å². The SMILES string of the molecule is COCCC(C)NS(=O)(=O)c1scnc1C(=O)O. The van der Waals surface area contributed by atoms with Crippen LogP contribution < -0.4 is 4.72 Å². The van der Waals surface area contributed by atoms with E-state index in [0.717, 1.165) is 11.3 Å². The van der Waals surface area contributed by atoms with Crippen molar-refractivity contribution in [2.24, 2.45) is 0 Å². The fourth-order valence-corrected chi connectivity index (χ4v) is 3.68. The van der Waals surface area contributed by atoms with E-state index in [0.29, 0.717) is 13.0 Å². The van der Waals surface area contributed by atoms with Gasteiger partial charge in [0.15, 0.2) is 9.90 Å². The van der Waals surface area contributed by atoms with Gasteiger partial charge in [0, 0.05) is 19.8 Å². The second kappa shape index (κ2) is 6.23. The third-order valence-electron chi connectivity index (χ3n) is 2.09.